The predicted molar refractivity (Wildman–Crippen MR) is 54.9 cm³/mol. The number of pyridine rings is 1. The molecular weight excluding hydrogens is 202 g/mol. The molecule has 0 aliphatic heterocycles. The van der Waals surface area contributed by atoms with Crippen LogP contribution in [0.5, 0.6) is 0 Å². The van der Waals surface area contributed by atoms with Gasteiger partial charge in [-0.2, -0.15) is 0 Å². The lowest BCUT2D eigenvalue weighted by molar-refractivity contribution is 1.13. The summed E-state index contributed by atoms with van der Waals surface area (Å²) in [5, 5.41) is 2.82. The van der Waals surface area contributed by atoms with Gasteiger partial charge < -0.3 is 5.73 Å². The molecular formula is C8H7N3S2. The maximum atomic E-state index is 5.62. The van der Waals surface area contributed by atoms with Crippen LogP contribution in [0.3, 0.4) is 0 Å². The maximum absolute atomic E-state index is 5.62. The first-order valence-electron chi connectivity index (χ1n) is 3.63. The third-order valence-electron chi connectivity index (χ3n) is 1.36. The van der Waals surface area contributed by atoms with Crippen molar-refractivity contribution in [2.45, 2.75) is 9.37 Å². The van der Waals surface area contributed by atoms with Crippen LogP contribution in [0.15, 0.2) is 39.3 Å². The minimum absolute atomic E-state index is 0.731. The Morgan fingerprint density at radius 1 is 1.31 bits per heavy atom. The Labute approximate surface area is 84.0 Å². The van der Waals surface area contributed by atoms with Crippen LogP contribution in [0.1, 0.15) is 0 Å². The van der Waals surface area contributed by atoms with Gasteiger partial charge in [-0.05, 0) is 23.9 Å². The molecule has 0 spiro atoms. The molecule has 0 fully saturated rings. The van der Waals surface area contributed by atoms with Gasteiger partial charge in [0.25, 0.3) is 0 Å². The van der Waals surface area contributed by atoms with Crippen LogP contribution in [0, 0.1) is 0 Å². The molecule has 13 heavy (non-hydrogen) atoms. The molecule has 2 aromatic rings. The fourth-order valence-electron chi connectivity index (χ4n) is 0.831. The van der Waals surface area contributed by atoms with E-state index in [1.54, 1.807) is 29.8 Å². The van der Waals surface area contributed by atoms with Gasteiger partial charge in [0.1, 0.15) is 5.03 Å². The Hall–Kier alpha value is -1.07. The fraction of sp³-hybridized carbons (Fsp3) is 0. The van der Waals surface area contributed by atoms with Crippen molar-refractivity contribution >= 4 is 28.8 Å². The Morgan fingerprint density at radius 2 is 2.23 bits per heavy atom. The third-order valence-corrected chi connectivity index (χ3v) is 3.18. The van der Waals surface area contributed by atoms with Crippen molar-refractivity contribution < 1.29 is 0 Å². The van der Waals surface area contributed by atoms with E-state index in [-0.39, 0.29) is 0 Å². The molecule has 0 aromatic carbocycles. The van der Waals surface area contributed by atoms with E-state index in [4.69, 9.17) is 5.73 Å². The van der Waals surface area contributed by atoms with Crippen LogP contribution in [0.4, 0.5) is 5.69 Å². The molecule has 3 nitrogen and oxygen atoms in total. The number of nitrogen functional groups attached to an aromatic ring is 1. The molecule has 2 heterocycles. The molecule has 0 unspecified atom stereocenters. The van der Waals surface area contributed by atoms with Gasteiger partial charge in [0.15, 0.2) is 4.34 Å². The zero-order chi connectivity index (χ0) is 9.10. The van der Waals surface area contributed by atoms with Crippen molar-refractivity contribution in [1.29, 1.82) is 0 Å². The van der Waals surface area contributed by atoms with E-state index >= 15 is 0 Å². The molecule has 0 saturated carbocycles. The highest BCUT2D eigenvalue weighted by Crippen LogP contribution is 2.27. The number of hydrogen-bond donors (Lipinski definition) is 1. The average Bonchev–Trinajstić information content (AvgIpc) is 2.57. The lowest BCUT2D eigenvalue weighted by atomic mass is 10.4. The summed E-state index contributed by atoms with van der Waals surface area (Å²) in [4.78, 5) is 8.31. The highest BCUT2D eigenvalue weighted by Gasteiger charge is 2.00. The number of nitrogens with zero attached hydrogens (tertiary/aromatic N) is 2. The van der Waals surface area contributed by atoms with E-state index < -0.39 is 0 Å². The van der Waals surface area contributed by atoms with Crippen LogP contribution in [-0.2, 0) is 0 Å². The quantitative estimate of drug-likeness (QED) is 0.824. The molecule has 66 valence electrons. The fourth-order valence-corrected chi connectivity index (χ4v) is 2.41. The van der Waals surface area contributed by atoms with Gasteiger partial charge in [-0.3, -0.25) is 0 Å². The summed E-state index contributed by atoms with van der Waals surface area (Å²) in [5.74, 6) is 0. The Balaban J connectivity index is 2.19. The highest BCUT2D eigenvalue weighted by molar-refractivity contribution is 8.01. The van der Waals surface area contributed by atoms with Crippen molar-refractivity contribution in [2.75, 3.05) is 5.73 Å². The summed E-state index contributed by atoms with van der Waals surface area (Å²) in [6.45, 7) is 0. The molecule has 0 radical (unpaired) electrons. The summed E-state index contributed by atoms with van der Waals surface area (Å²) < 4.78 is 0.984. The molecule has 0 aliphatic rings. The first kappa shape index (κ1) is 8.52. The van der Waals surface area contributed by atoms with Gasteiger partial charge in [-0.1, -0.05) is 0 Å². The average molecular weight is 209 g/mol. The maximum Gasteiger partial charge on any atom is 0.156 e. The first-order chi connectivity index (χ1) is 6.34. The number of nitrogens with two attached hydrogens (primary N) is 1. The molecule has 2 aromatic heterocycles. The van der Waals surface area contributed by atoms with Crippen molar-refractivity contribution in [1.82, 2.24) is 9.97 Å². The van der Waals surface area contributed by atoms with E-state index in [0.29, 0.717) is 0 Å². The van der Waals surface area contributed by atoms with Crippen molar-refractivity contribution in [2.24, 2.45) is 0 Å². The van der Waals surface area contributed by atoms with Crippen molar-refractivity contribution in [3.05, 3.63) is 29.9 Å². The van der Waals surface area contributed by atoms with Gasteiger partial charge in [0.05, 0.1) is 0 Å². The standard InChI is InChI=1S/C8H7N3S2/c9-6-1-2-10-7(5-6)13-8-11-3-4-12-8/h1-5H,(H2,9,10). The zero-order valence-corrected chi connectivity index (χ0v) is 8.31. The van der Waals surface area contributed by atoms with Crippen molar-refractivity contribution in [3.8, 4) is 0 Å². The number of anilines is 1. The minimum Gasteiger partial charge on any atom is -0.399 e. The topological polar surface area (TPSA) is 51.8 Å². The lowest BCUT2D eigenvalue weighted by Crippen LogP contribution is -1.86. The summed E-state index contributed by atoms with van der Waals surface area (Å²) >= 11 is 3.12. The van der Waals surface area contributed by atoms with E-state index in [2.05, 4.69) is 9.97 Å². The SMILES string of the molecule is Nc1ccnc(Sc2nccs2)c1. The molecule has 0 amide bonds. The van der Waals surface area contributed by atoms with Gasteiger partial charge >= 0.3 is 0 Å². The van der Waals surface area contributed by atoms with Crippen LogP contribution in [0.25, 0.3) is 0 Å². The zero-order valence-electron chi connectivity index (χ0n) is 6.68. The van der Waals surface area contributed by atoms with Crippen LogP contribution in [0.2, 0.25) is 0 Å². The number of aromatic nitrogens is 2. The van der Waals surface area contributed by atoms with Gasteiger partial charge in [-0.25, -0.2) is 9.97 Å². The summed E-state index contributed by atoms with van der Waals surface area (Å²) in [6, 6.07) is 3.61. The highest BCUT2D eigenvalue weighted by atomic mass is 32.2. The van der Waals surface area contributed by atoms with Crippen LogP contribution in [-0.4, -0.2) is 9.97 Å². The predicted octanol–water partition coefficient (Wildman–Crippen LogP) is 2.27. The Kier molecular flexibility index (Phi) is 2.47. The number of hydrogen-bond acceptors (Lipinski definition) is 5. The molecule has 0 bridgehead atoms. The number of thiazole rings is 1. The van der Waals surface area contributed by atoms with Gasteiger partial charge in [-0.15, -0.1) is 11.3 Å². The lowest BCUT2D eigenvalue weighted by Gasteiger charge is -1.96. The smallest absolute Gasteiger partial charge is 0.156 e. The van der Waals surface area contributed by atoms with E-state index in [9.17, 15) is 0 Å². The first-order valence-corrected chi connectivity index (χ1v) is 5.33. The summed E-state index contributed by atoms with van der Waals surface area (Å²) in [7, 11) is 0. The summed E-state index contributed by atoms with van der Waals surface area (Å²) in [5.41, 5.74) is 6.35. The molecule has 2 rings (SSSR count). The largest absolute Gasteiger partial charge is 0.399 e. The monoisotopic (exact) mass is 209 g/mol. The Morgan fingerprint density at radius 3 is 2.92 bits per heavy atom. The second kappa shape index (κ2) is 3.76. The summed E-state index contributed by atoms with van der Waals surface area (Å²) in [6.07, 6.45) is 3.48. The Bertz CT molecular complexity index is 386. The molecule has 2 N–H and O–H groups in total. The molecule has 0 atom stereocenters. The van der Waals surface area contributed by atoms with Crippen LogP contribution >= 0.6 is 23.1 Å². The molecule has 5 heteroatoms. The normalized spacial score (nSPS) is 10.2. The number of rotatable bonds is 2. The van der Waals surface area contributed by atoms with Gasteiger partial charge in [0, 0.05) is 23.5 Å². The molecule has 0 aliphatic carbocycles. The second-order valence-corrected chi connectivity index (χ2v) is 4.49. The van der Waals surface area contributed by atoms with E-state index in [1.165, 1.54) is 11.8 Å². The van der Waals surface area contributed by atoms with Gasteiger partial charge in [0.2, 0.25) is 0 Å². The molecule has 0 saturated heterocycles. The third kappa shape index (κ3) is 2.19. The van der Waals surface area contributed by atoms with E-state index in [1.807, 2.05) is 11.4 Å². The second-order valence-electron chi connectivity index (χ2n) is 2.33. The van der Waals surface area contributed by atoms with E-state index in [0.717, 1.165) is 15.1 Å². The van der Waals surface area contributed by atoms with Crippen molar-refractivity contribution in [3.63, 3.8) is 0 Å². The minimum atomic E-state index is 0.731. The van der Waals surface area contributed by atoms with Crippen LogP contribution < -0.4 is 5.73 Å².